The molecule has 0 amide bonds. The van der Waals surface area contributed by atoms with E-state index in [1.54, 1.807) is 0 Å². The van der Waals surface area contributed by atoms with Crippen molar-refractivity contribution < 1.29 is 18.3 Å². The molecule has 0 bridgehead atoms. The van der Waals surface area contributed by atoms with E-state index >= 15 is 0 Å². The number of carbonyl (C=O) groups is 1. The van der Waals surface area contributed by atoms with Crippen LogP contribution in [-0.2, 0) is 14.8 Å². The molecule has 0 saturated heterocycles. The Labute approximate surface area is 164 Å². The molecule has 2 rings (SSSR count). The second kappa shape index (κ2) is 8.01. The Balaban J connectivity index is 2.61. The Hall–Kier alpha value is -1.18. The summed E-state index contributed by atoms with van der Waals surface area (Å²) in [5, 5.41) is 9.42. The van der Waals surface area contributed by atoms with Crippen molar-refractivity contribution in [1.29, 1.82) is 0 Å². The number of carboxylic acid groups (broad SMARTS) is 1. The van der Waals surface area contributed by atoms with Crippen LogP contribution in [0.1, 0.15) is 6.42 Å². The van der Waals surface area contributed by atoms with E-state index in [1.165, 1.54) is 36.4 Å². The van der Waals surface area contributed by atoms with E-state index in [9.17, 15) is 13.2 Å². The van der Waals surface area contributed by atoms with E-state index in [0.29, 0.717) is 5.02 Å². The number of aliphatic carboxylic acids is 1. The summed E-state index contributed by atoms with van der Waals surface area (Å²) in [4.78, 5) is 10.7. The standard InChI is InChI=1S/C15H11Cl4NO4S/c16-9-2-4-13(12(19)7-9)20(6-5-15(21)22)25(23,24)14-8-10(17)1-3-11(14)18/h1-4,7-8H,5-6H2,(H,21,22). The van der Waals surface area contributed by atoms with E-state index in [0.717, 1.165) is 4.31 Å². The van der Waals surface area contributed by atoms with Crippen molar-refractivity contribution in [2.24, 2.45) is 0 Å². The molecule has 1 N–H and O–H groups in total. The number of carboxylic acids is 1. The third kappa shape index (κ3) is 4.71. The Bertz CT molecular complexity index is 918. The average Bonchev–Trinajstić information content (AvgIpc) is 2.51. The minimum Gasteiger partial charge on any atom is -0.481 e. The summed E-state index contributed by atoms with van der Waals surface area (Å²) < 4.78 is 27.0. The van der Waals surface area contributed by atoms with E-state index < -0.39 is 22.4 Å². The summed E-state index contributed by atoms with van der Waals surface area (Å²) >= 11 is 23.8. The maximum atomic E-state index is 13.1. The van der Waals surface area contributed by atoms with Crippen LogP contribution >= 0.6 is 46.4 Å². The third-order valence-corrected chi connectivity index (χ3v) is 6.24. The molecule has 134 valence electrons. The molecule has 25 heavy (non-hydrogen) atoms. The Morgan fingerprint density at radius 2 is 1.56 bits per heavy atom. The van der Waals surface area contributed by atoms with Crippen molar-refractivity contribution in [3.8, 4) is 0 Å². The van der Waals surface area contributed by atoms with Gasteiger partial charge >= 0.3 is 5.97 Å². The largest absolute Gasteiger partial charge is 0.481 e. The first-order valence-electron chi connectivity index (χ1n) is 6.77. The van der Waals surface area contributed by atoms with Gasteiger partial charge in [-0.2, -0.15) is 0 Å². The smallest absolute Gasteiger partial charge is 0.305 e. The first-order chi connectivity index (χ1) is 11.6. The molecule has 0 fully saturated rings. The lowest BCUT2D eigenvalue weighted by molar-refractivity contribution is -0.136. The van der Waals surface area contributed by atoms with Crippen molar-refractivity contribution in [3.63, 3.8) is 0 Å². The van der Waals surface area contributed by atoms with E-state index in [1.807, 2.05) is 0 Å². The van der Waals surface area contributed by atoms with Gasteiger partial charge in [-0.05, 0) is 36.4 Å². The second-order valence-corrected chi connectivity index (χ2v) is 8.41. The van der Waals surface area contributed by atoms with E-state index in [4.69, 9.17) is 51.5 Å². The van der Waals surface area contributed by atoms with Crippen LogP contribution in [-0.4, -0.2) is 26.0 Å². The molecule has 0 aliphatic carbocycles. The Morgan fingerprint density at radius 1 is 0.960 bits per heavy atom. The zero-order valence-corrected chi connectivity index (χ0v) is 16.3. The summed E-state index contributed by atoms with van der Waals surface area (Å²) in [6, 6.07) is 8.18. The van der Waals surface area contributed by atoms with Gasteiger partial charge in [-0.25, -0.2) is 8.42 Å². The molecule has 0 saturated carbocycles. The molecule has 0 atom stereocenters. The van der Waals surface area contributed by atoms with Gasteiger partial charge in [-0.15, -0.1) is 0 Å². The molecular formula is C15H11Cl4NO4S. The fraction of sp³-hybridized carbons (Fsp3) is 0.133. The van der Waals surface area contributed by atoms with Crippen LogP contribution in [0.25, 0.3) is 0 Å². The van der Waals surface area contributed by atoms with Gasteiger partial charge in [0, 0.05) is 16.6 Å². The topological polar surface area (TPSA) is 74.7 Å². The fourth-order valence-electron chi connectivity index (χ4n) is 2.04. The number of anilines is 1. The number of rotatable bonds is 6. The van der Waals surface area contributed by atoms with Gasteiger partial charge < -0.3 is 5.11 Å². The van der Waals surface area contributed by atoms with Gasteiger partial charge in [0.25, 0.3) is 10.0 Å². The van der Waals surface area contributed by atoms with Crippen molar-refractivity contribution in [3.05, 3.63) is 56.5 Å². The van der Waals surface area contributed by atoms with Crippen LogP contribution in [0.2, 0.25) is 20.1 Å². The molecule has 0 spiro atoms. The number of benzene rings is 2. The molecule has 0 unspecified atom stereocenters. The van der Waals surface area contributed by atoms with Gasteiger partial charge in [0.2, 0.25) is 0 Å². The molecule has 0 heterocycles. The van der Waals surface area contributed by atoms with Gasteiger partial charge in [-0.1, -0.05) is 46.4 Å². The number of hydrogen-bond acceptors (Lipinski definition) is 3. The Kier molecular flexibility index (Phi) is 6.45. The predicted octanol–water partition coefficient (Wildman–Crippen LogP) is 4.97. The molecular weight excluding hydrogens is 432 g/mol. The summed E-state index contributed by atoms with van der Waals surface area (Å²) in [5.41, 5.74) is 0.0864. The predicted molar refractivity (Wildman–Crippen MR) is 99.7 cm³/mol. The van der Waals surface area contributed by atoms with Gasteiger partial charge in [0.1, 0.15) is 4.90 Å². The van der Waals surface area contributed by atoms with Crippen LogP contribution in [0, 0.1) is 0 Å². The number of hydrogen-bond donors (Lipinski definition) is 1. The lowest BCUT2D eigenvalue weighted by atomic mass is 10.3. The fourth-order valence-corrected chi connectivity index (χ4v) is 4.83. The maximum Gasteiger partial charge on any atom is 0.305 e. The summed E-state index contributed by atoms with van der Waals surface area (Å²) in [6.07, 6.45) is -0.434. The highest BCUT2D eigenvalue weighted by Crippen LogP contribution is 2.35. The first-order valence-corrected chi connectivity index (χ1v) is 9.73. The molecule has 10 heteroatoms. The highest BCUT2D eigenvalue weighted by atomic mass is 35.5. The molecule has 0 aliphatic heterocycles. The van der Waals surface area contributed by atoms with Gasteiger partial charge in [0.15, 0.2) is 0 Å². The first kappa shape index (κ1) is 20.1. The number of nitrogens with zero attached hydrogens (tertiary/aromatic N) is 1. The summed E-state index contributed by atoms with van der Waals surface area (Å²) in [6.45, 7) is -0.345. The minimum absolute atomic E-state index is 0.0465. The van der Waals surface area contributed by atoms with E-state index in [2.05, 4.69) is 0 Å². The Morgan fingerprint density at radius 3 is 2.16 bits per heavy atom. The molecule has 2 aromatic rings. The lowest BCUT2D eigenvalue weighted by Crippen LogP contribution is -2.33. The van der Waals surface area contributed by atoms with Crippen LogP contribution in [0.15, 0.2) is 41.3 Å². The van der Waals surface area contributed by atoms with Crippen molar-refractivity contribution >= 4 is 68.1 Å². The maximum absolute atomic E-state index is 13.1. The molecule has 0 radical (unpaired) electrons. The zero-order chi connectivity index (χ0) is 18.8. The van der Waals surface area contributed by atoms with Crippen LogP contribution in [0.5, 0.6) is 0 Å². The highest BCUT2D eigenvalue weighted by molar-refractivity contribution is 7.93. The third-order valence-electron chi connectivity index (χ3n) is 3.17. The quantitative estimate of drug-likeness (QED) is 0.685. The van der Waals surface area contributed by atoms with Crippen LogP contribution in [0.4, 0.5) is 5.69 Å². The monoisotopic (exact) mass is 441 g/mol. The zero-order valence-electron chi connectivity index (χ0n) is 12.4. The average molecular weight is 443 g/mol. The number of halogens is 4. The lowest BCUT2D eigenvalue weighted by Gasteiger charge is -2.25. The van der Waals surface area contributed by atoms with E-state index in [-0.39, 0.29) is 32.2 Å². The highest BCUT2D eigenvalue weighted by Gasteiger charge is 2.29. The molecule has 5 nitrogen and oxygen atoms in total. The second-order valence-electron chi connectivity index (χ2n) is 4.89. The SMILES string of the molecule is O=C(O)CCN(c1ccc(Cl)cc1Cl)S(=O)(=O)c1cc(Cl)ccc1Cl. The van der Waals surface area contributed by atoms with Crippen LogP contribution in [0.3, 0.4) is 0 Å². The molecule has 0 aromatic heterocycles. The van der Waals surface area contributed by atoms with Crippen LogP contribution < -0.4 is 4.31 Å². The number of sulfonamides is 1. The van der Waals surface area contributed by atoms with Crippen molar-refractivity contribution in [1.82, 2.24) is 0 Å². The van der Waals surface area contributed by atoms with Crippen molar-refractivity contribution in [2.45, 2.75) is 11.3 Å². The molecule has 2 aromatic carbocycles. The van der Waals surface area contributed by atoms with Gasteiger partial charge in [0.05, 0.1) is 22.2 Å². The summed E-state index contributed by atoms with van der Waals surface area (Å²) in [7, 11) is -4.21. The minimum atomic E-state index is -4.21. The molecule has 0 aliphatic rings. The van der Waals surface area contributed by atoms with Crippen molar-refractivity contribution in [2.75, 3.05) is 10.8 Å². The summed E-state index contributed by atoms with van der Waals surface area (Å²) in [5.74, 6) is -1.16. The normalized spacial score (nSPS) is 11.4. The van der Waals surface area contributed by atoms with Gasteiger partial charge in [-0.3, -0.25) is 9.10 Å².